The minimum absolute atomic E-state index is 0.0569. The summed E-state index contributed by atoms with van der Waals surface area (Å²) in [6.07, 6.45) is 1.72. The molecule has 0 aliphatic carbocycles. The molecular formula is C5H12N2O. The maximum Gasteiger partial charge on any atom is 0.0892 e. The lowest BCUT2D eigenvalue weighted by Gasteiger charge is -1.96. The van der Waals surface area contributed by atoms with Crippen LogP contribution in [0.5, 0.6) is 0 Å². The van der Waals surface area contributed by atoms with E-state index in [4.69, 9.17) is 5.73 Å². The van der Waals surface area contributed by atoms with E-state index in [1.165, 1.54) is 0 Å². The van der Waals surface area contributed by atoms with E-state index in [0.717, 1.165) is 12.8 Å². The van der Waals surface area contributed by atoms with Crippen molar-refractivity contribution < 1.29 is 0 Å². The molecule has 0 spiro atoms. The molecule has 0 aromatic carbocycles. The Kier molecular flexibility index (Phi) is 4.45. The third kappa shape index (κ3) is 3.74. The third-order valence-electron chi connectivity index (χ3n) is 1.01. The molecular weight excluding hydrogens is 104 g/mol. The summed E-state index contributed by atoms with van der Waals surface area (Å²) in [6, 6.07) is -0.0569. The molecule has 0 rings (SSSR count). The van der Waals surface area contributed by atoms with Crippen LogP contribution < -0.4 is 5.73 Å². The van der Waals surface area contributed by atoms with Gasteiger partial charge in [0.05, 0.1) is 6.04 Å². The van der Waals surface area contributed by atoms with Gasteiger partial charge in [-0.25, -0.2) is 0 Å². The fraction of sp³-hybridized carbons (Fsp3) is 1.00. The van der Waals surface area contributed by atoms with Gasteiger partial charge in [-0.15, -0.1) is 0 Å². The standard InChI is InChI=1S/C5H12N2O/c1-5(7-8)3-2-4-6/h5H,2-4,6H2,1H3. The Morgan fingerprint density at radius 1 is 1.75 bits per heavy atom. The van der Waals surface area contributed by atoms with E-state index in [9.17, 15) is 4.91 Å². The van der Waals surface area contributed by atoms with Crippen LogP contribution in [0.15, 0.2) is 5.18 Å². The average Bonchev–Trinajstić information content (AvgIpc) is 1.83. The Balaban J connectivity index is 2.98. The van der Waals surface area contributed by atoms with Crippen LogP contribution in [-0.4, -0.2) is 12.6 Å². The summed E-state index contributed by atoms with van der Waals surface area (Å²) in [5, 5.41) is 2.82. The van der Waals surface area contributed by atoms with Crippen LogP contribution >= 0.6 is 0 Å². The largest absolute Gasteiger partial charge is 0.330 e. The lowest BCUT2D eigenvalue weighted by atomic mass is 10.2. The van der Waals surface area contributed by atoms with E-state index < -0.39 is 0 Å². The molecule has 3 heteroatoms. The van der Waals surface area contributed by atoms with Gasteiger partial charge in [0.1, 0.15) is 0 Å². The first-order chi connectivity index (χ1) is 3.81. The van der Waals surface area contributed by atoms with E-state index >= 15 is 0 Å². The molecule has 0 bridgehead atoms. The zero-order chi connectivity index (χ0) is 6.41. The second-order valence-corrected chi connectivity index (χ2v) is 1.89. The van der Waals surface area contributed by atoms with E-state index in [1.54, 1.807) is 6.92 Å². The highest BCUT2D eigenvalue weighted by atomic mass is 16.3. The highest BCUT2D eigenvalue weighted by molar-refractivity contribution is 4.57. The van der Waals surface area contributed by atoms with E-state index in [1.807, 2.05) is 0 Å². The van der Waals surface area contributed by atoms with E-state index in [0.29, 0.717) is 6.54 Å². The number of nitroso groups, excluding NO2 is 1. The summed E-state index contributed by atoms with van der Waals surface area (Å²) >= 11 is 0. The van der Waals surface area contributed by atoms with Crippen molar-refractivity contribution in [2.45, 2.75) is 25.8 Å². The fourth-order valence-electron chi connectivity index (χ4n) is 0.466. The zero-order valence-electron chi connectivity index (χ0n) is 5.13. The SMILES string of the molecule is CC(CCCN)N=O. The van der Waals surface area contributed by atoms with Crippen molar-refractivity contribution >= 4 is 0 Å². The Morgan fingerprint density at radius 2 is 2.38 bits per heavy atom. The minimum atomic E-state index is -0.0569. The number of hydrogen-bond donors (Lipinski definition) is 1. The summed E-state index contributed by atoms with van der Waals surface area (Å²) in [6.45, 7) is 2.45. The molecule has 3 nitrogen and oxygen atoms in total. The monoisotopic (exact) mass is 116 g/mol. The van der Waals surface area contributed by atoms with E-state index in [-0.39, 0.29) is 6.04 Å². The molecule has 0 saturated carbocycles. The van der Waals surface area contributed by atoms with Crippen LogP contribution in [-0.2, 0) is 0 Å². The van der Waals surface area contributed by atoms with Gasteiger partial charge in [-0.3, -0.25) is 0 Å². The van der Waals surface area contributed by atoms with Gasteiger partial charge in [-0.1, -0.05) is 5.18 Å². The van der Waals surface area contributed by atoms with Crippen LogP contribution in [0.4, 0.5) is 0 Å². The van der Waals surface area contributed by atoms with Gasteiger partial charge in [-0.2, -0.15) is 4.91 Å². The number of nitrogens with two attached hydrogens (primary N) is 1. The summed E-state index contributed by atoms with van der Waals surface area (Å²) in [4.78, 5) is 9.72. The van der Waals surface area contributed by atoms with Gasteiger partial charge in [-0.05, 0) is 26.3 Å². The predicted octanol–water partition coefficient (Wildman–Crippen LogP) is 0.880. The van der Waals surface area contributed by atoms with Gasteiger partial charge in [0, 0.05) is 0 Å². The first-order valence-electron chi connectivity index (χ1n) is 2.83. The summed E-state index contributed by atoms with van der Waals surface area (Å²) < 4.78 is 0. The quantitative estimate of drug-likeness (QED) is 0.554. The van der Waals surface area contributed by atoms with Crippen LogP contribution in [0.3, 0.4) is 0 Å². The predicted molar refractivity (Wildman–Crippen MR) is 33.5 cm³/mol. The molecule has 0 aromatic heterocycles. The van der Waals surface area contributed by atoms with Crippen molar-refractivity contribution in [3.63, 3.8) is 0 Å². The van der Waals surface area contributed by atoms with Gasteiger partial charge < -0.3 is 5.73 Å². The molecule has 0 aromatic rings. The average molecular weight is 116 g/mol. The van der Waals surface area contributed by atoms with Crippen molar-refractivity contribution in [3.05, 3.63) is 4.91 Å². The number of nitrogens with zero attached hydrogens (tertiary/aromatic N) is 1. The van der Waals surface area contributed by atoms with Crippen molar-refractivity contribution in [3.8, 4) is 0 Å². The van der Waals surface area contributed by atoms with Crippen LogP contribution in [0.1, 0.15) is 19.8 Å². The van der Waals surface area contributed by atoms with Gasteiger partial charge in [0.2, 0.25) is 0 Å². The molecule has 1 unspecified atom stereocenters. The van der Waals surface area contributed by atoms with E-state index in [2.05, 4.69) is 5.18 Å². The zero-order valence-corrected chi connectivity index (χ0v) is 5.13. The molecule has 0 radical (unpaired) electrons. The maximum atomic E-state index is 9.72. The first kappa shape index (κ1) is 7.56. The van der Waals surface area contributed by atoms with Gasteiger partial charge in [0.25, 0.3) is 0 Å². The molecule has 0 amide bonds. The van der Waals surface area contributed by atoms with Crippen molar-refractivity contribution in [1.82, 2.24) is 0 Å². The van der Waals surface area contributed by atoms with Crippen molar-refractivity contribution in [1.29, 1.82) is 0 Å². The molecule has 2 N–H and O–H groups in total. The normalized spacial score (nSPS) is 13.2. The third-order valence-corrected chi connectivity index (χ3v) is 1.01. The molecule has 8 heavy (non-hydrogen) atoms. The summed E-state index contributed by atoms with van der Waals surface area (Å²) in [5.41, 5.74) is 5.19. The molecule has 48 valence electrons. The molecule has 0 aliphatic rings. The molecule has 0 heterocycles. The second-order valence-electron chi connectivity index (χ2n) is 1.89. The number of hydrogen-bond acceptors (Lipinski definition) is 3. The van der Waals surface area contributed by atoms with Gasteiger partial charge >= 0.3 is 0 Å². The Bertz CT molecular complexity index is 65.4. The smallest absolute Gasteiger partial charge is 0.0892 e. The summed E-state index contributed by atoms with van der Waals surface area (Å²) in [5.74, 6) is 0. The fourth-order valence-corrected chi connectivity index (χ4v) is 0.466. The van der Waals surface area contributed by atoms with Crippen LogP contribution in [0, 0.1) is 4.91 Å². The van der Waals surface area contributed by atoms with Crippen molar-refractivity contribution in [2.75, 3.05) is 6.54 Å². The van der Waals surface area contributed by atoms with Crippen molar-refractivity contribution in [2.24, 2.45) is 10.9 Å². The Morgan fingerprint density at radius 3 is 2.75 bits per heavy atom. The summed E-state index contributed by atoms with van der Waals surface area (Å²) in [7, 11) is 0. The lowest BCUT2D eigenvalue weighted by molar-refractivity contribution is 0.629. The Hall–Kier alpha value is -0.440. The molecule has 0 saturated heterocycles. The highest BCUT2D eigenvalue weighted by Crippen LogP contribution is 1.97. The van der Waals surface area contributed by atoms with Crippen LogP contribution in [0.25, 0.3) is 0 Å². The number of rotatable bonds is 4. The molecule has 0 aliphatic heterocycles. The highest BCUT2D eigenvalue weighted by Gasteiger charge is 1.96. The topological polar surface area (TPSA) is 55.4 Å². The maximum absolute atomic E-state index is 9.72. The Labute approximate surface area is 49.2 Å². The lowest BCUT2D eigenvalue weighted by Crippen LogP contribution is -2.03. The molecule has 1 atom stereocenters. The van der Waals surface area contributed by atoms with Gasteiger partial charge in [0.15, 0.2) is 0 Å². The van der Waals surface area contributed by atoms with Crippen LogP contribution in [0.2, 0.25) is 0 Å². The first-order valence-corrected chi connectivity index (χ1v) is 2.83. The molecule has 0 fully saturated rings. The minimum Gasteiger partial charge on any atom is -0.330 e. The second kappa shape index (κ2) is 4.71.